The molecule has 0 spiro atoms. The topological polar surface area (TPSA) is 64.6 Å². The van der Waals surface area contributed by atoms with Crippen LogP contribution in [0.25, 0.3) is 0 Å². The molecular formula is C19H16ClNO4. The maximum absolute atomic E-state index is 11.6. The number of benzene rings is 2. The quantitative estimate of drug-likeness (QED) is 0.672. The number of halogens is 1. The van der Waals surface area contributed by atoms with Crippen LogP contribution in [0.15, 0.2) is 48.5 Å². The molecule has 0 aliphatic heterocycles. The first-order valence-electron chi connectivity index (χ1n) is 7.41. The summed E-state index contributed by atoms with van der Waals surface area (Å²) in [7, 11) is 1.29. The number of hydrogen-bond donors (Lipinski definition) is 1. The molecule has 0 saturated heterocycles. The molecule has 0 aliphatic rings. The fourth-order valence-electron chi connectivity index (χ4n) is 1.91. The molecule has 0 aliphatic carbocycles. The van der Waals surface area contributed by atoms with E-state index in [9.17, 15) is 9.59 Å². The highest BCUT2D eigenvalue weighted by Gasteiger charge is 2.10. The molecule has 0 atom stereocenters. The smallest absolute Gasteiger partial charge is 0.408 e. The van der Waals surface area contributed by atoms with E-state index in [0.29, 0.717) is 5.56 Å². The number of methoxy groups -OCH3 is 1. The highest BCUT2D eigenvalue weighted by atomic mass is 35.5. The van der Waals surface area contributed by atoms with Gasteiger partial charge in [0.2, 0.25) is 0 Å². The fourth-order valence-corrected chi connectivity index (χ4v) is 2.16. The maximum atomic E-state index is 11.6. The first-order valence-corrected chi connectivity index (χ1v) is 7.79. The van der Waals surface area contributed by atoms with Gasteiger partial charge in [-0.25, -0.2) is 9.59 Å². The number of esters is 1. The average molecular weight is 358 g/mol. The van der Waals surface area contributed by atoms with E-state index in [1.54, 1.807) is 18.2 Å². The third-order valence-electron chi connectivity index (χ3n) is 3.14. The lowest BCUT2D eigenvalue weighted by Crippen LogP contribution is -2.24. The van der Waals surface area contributed by atoms with Crippen LogP contribution < -0.4 is 5.32 Å². The number of carbonyl (C=O) groups excluding carboxylic acids is 2. The number of hydrogen-bond acceptors (Lipinski definition) is 4. The first-order chi connectivity index (χ1) is 12.1. The van der Waals surface area contributed by atoms with Crippen molar-refractivity contribution >= 4 is 23.7 Å². The molecule has 1 N–H and O–H groups in total. The molecule has 2 aromatic rings. The minimum Gasteiger partial charge on any atom is -0.465 e. The van der Waals surface area contributed by atoms with Crippen LogP contribution in [0.4, 0.5) is 4.79 Å². The largest absolute Gasteiger partial charge is 0.465 e. The number of nitrogens with one attached hydrogen (secondary N) is 1. The minimum atomic E-state index is -0.544. The van der Waals surface area contributed by atoms with Crippen molar-refractivity contribution in [1.29, 1.82) is 0 Å². The zero-order valence-corrected chi connectivity index (χ0v) is 14.3. The van der Waals surface area contributed by atoms with Gasteiger partial charge in [0, 0.05) is 5.56 Å². The van der Waals surface area contributed by atoms with Gasteiger partial charge >= 0.3 is 12.1 Å². The molecular weight excluding hydrogens is 342 g/mol. The Morgan fingerprint density at radius 1 is 1.16 bits per heavy atom. The molecule has 2 aromatic carbocycles. The van der Waals surface area contributed by atoms with E-state index in [2.05, 4.69) is 21.9 Å². The summed E-state index contributed by atoms with van der Waals surface area (Å²) in [4.78, 5) is 23.0. The molecule has 0 radical (unpaired) electrons. The number of alkyl carbamates (subject to hydrolysis) is 1. The van der Waals surface area contributed by atoms with Crippen LogP contribution in [0.1, 0.15) is 21.5 Å². The highest BCUT2D eigenvalue weighted by Crippen LogP contribution is 2.18. The molecule has 25 heavy (non-hydrogen) atoms. The molecule has 1 amide bonds. The Bertz CT molecular complexity index is 809. The monoisotopic (exact) mass is 357 g/mol. The summed E-state index contributed by atoms with van der Waals surface area (Å²) >= 11 is 6.01. The molecule has 6 heteroatoms. The summed E-state index contributed by atoms with van der Waals surface area (Å²) in [5.74, 6) is 5.12. The van der Waals surface area contributed by atoms with Crippen LogP contribution in [0.2, 0.25) is 5.02 Å². The molecule has 0 heterocycles. The summed E-state index contributed by atoms with van der Waals surface area (Å²) in [5.41, 5.74) is 1.80. The summed E-state index contributed by atoms with van der Waals surface area (Å²) in [5, 5.41) is 2.79. The first kappa shape index (κ1) is 18.4. The van der Waals surface area contributed by atoms with E-state index in [-0.39, 0.29) is 23.7 Å². The van der Waals surface area contributed by atoms with Crippen molar-refractivity contribution in [1.82, 2.24) is 5.32 Å². The standard InChI is InChI=1S/C19H16ClNO4/c1-24-18(22)16-10-9-14(12-17(16)20)8-5-11-21-19(23)25-13-15-6-3-2-4-7-15/h2-4,6-7,9-10,12H,11,13H2,1H3,(H,21,23). The van der Waals surface area contributed by atoms with Gasteiger partial charge in [-0.3, -0.25) is 0 Å². The Hall–Kier alpha value is -2.97. The van der Waals surface area contributed by atoms with Crippen LogP contribution in [0, 0.1) is 11.8 Å². The van der Waals surface area contributed by atoms with Gasteiger partial charge in [0.05, 0.1) is 24.2 Å². The molecule has 0 saturated carbocycles. The van der Waals surface area contributed by atoms with E-state index in [1.807, 2.05) is 30.3 Å². The van der Waals surface area contributed by atoms with Gasteiger partial charge in [-0.1, -0.05) is 53.8 Å². The Labute approximate surface area is 150 Å². The predicted octanol–water partition coefficient (Wildman–Crippen LogP) is 3.40. The summed E-state index contributed by atoms with van der Waals surface area (Å²) in [6.45, 7) is 0.328. The molecule has 0 unspecified atom stereocenters. The van der Waals surface area contributed by atoms with E-state index in [0.717, 1.165) is 5.56 Å². The lowest BCUT2D eigenvalue weighted by molar-refractivity contribution is 0.0601. The van der Waals surface area contributed by atoms with Crippen LogP contribution >= 0.6 is 11.6 Å². The fraction of sp³-hybridized carbons (Fsp3) is 0.158. The zero-order valence-electron chi connectivity index (χ0n) is 13.5. The predicted molar refractivity (Wildman–Crippen MR) is 94.3 cm³/mol. The third-order valence-corrected chi connectivity index (χ3v) is 3.45. The Kier molecular flexibility index (Phi) is 6.87. The van der Waals surface area contributed by atoms with Gasteiger partial charge in [-0.2, -0.15) is 0 Å². The zero-order chi connectivity index (χ0) is 18.1. The van der Waals surface area contributed by atoms with Crippen molar-refractivity contribution in [3.63, 3.8) is 0 Å². The van der Waals surface area contributed by atoms with Crippen LogP contribution in [0.5, 0.6) is 0 Å². The molecule has 0 aromatic heterocycles. The number of amides is 1. The SMILES string of the molecule is COC(=O)c1ccc(C#CCNC(=O)OCc2ccccc2)cc1Cl. The van der Waals surface area contributed by atoms with E-state index in [4.69, 9.17) is 16.3 Å². The van der Waals surface area contributed by atoms with Gasteiger partial charge in [-0.05, 0) is 23.8 Å². The van der Waals surface area contributed by atoms with Crippen molar-refractivity contribution in [3.05, 3.63) is 70.2 Å². The lowest BCUT2D eigenvalue weighted by atomic mass is 10.1. The Balaban J connectivity index is 1.81. The van der Waals surface area contributed by atoms with Gasteiger partial charge < -0.3 is 14.8 Å². The lowest BCUT2D eigenvalue weighted by Gasteiger charge is -2.04. The van der Waals surface area contributed by atoms with E-state index < -0.39 is 12.1 Å². The van der Waals surface area contributed by atoms with Gasteiger partial charge in [-0.15, -0.1) is 0 Å². The molecule has 2 rings (SSSR count). The third kappa shape index (κ3) is 5.87. The van der Waals surface area contributed by atoms with Crippen molar-refractivity contribution in [3.8, 4) is 11.8 Å². The van der Waals surface area contributed by atoms with Crippen molar-refractivity contribution in [2.45, 2.75) is 6.61 Å². The number of carbonyl (C=O) groups is 2. The second-order valence-electron chi connectivity index (χ2n) is 4.90. The van der Waals surface area contributed by atoms with Crippen LogP contribution in [0.3, 0.4) is 0 Å². The van der Waals surface area contributed by atoms with Gasteiger partial charge in [0.15, 0.2) is 0 Å². The highest BCUT2D eigenvalue weighted by molar-refractivity contribution is 6.33. The maximum Gasteiger partial charge on any atom is 0.408 e. The van der Waals surface area contributed by atoms with Gasteiger partial charge in [0.25, 0.3) is 0 Å². The van der Waals surface area contributed by atoms with Gasteiger partial charge in [0.1, 0.15) is 6.61 Å². The molecule has 0 bridgehead atoms. The average Bonchev–Trinajstić information content (AvgIpc) is 2.64. The number of rotatable bonds is 4. The minimum absolute atomic E-state index is 0.129. The summed E-state index contributed by atoms with van der Waals surface area (Å²) in [6, 6.07) is 14.1. The molecule has 0 fully saturated rings. The van der Waals surface area contributed by atoms with Crippen molar-refractivity contribution in [2.75, 3.05) is 13.7 Å². The van der Waals surface area contributed by atoms with E-state index >= 15 is 0 Å². The molecule has 128 valence electrons. The number of ether oxygens (including phenoxy) is 2. The Morgan fingerprint density at radius 3 is 2.60 bits per heavy atom. The van der Waals surface area contributed by atoms with Crippen LogP contribution in [-0.2, 0) is 16.1 Å². The van der Waals surface area contributed by atoms with Crippen molar-refractivity contribution < 1.29 is 19.1 Å². The van der Waals surface area contributed by atoms with Crippen molar-refractivity contribution in [2.24, 2.45) is 0 Å². The summed E-state index contributed by atoms with van der Waals surface area (Å²) in [6.07, 6.45) is -0.544. The Morgan fingerprint density at radius 2 is 1.92 bits per heavy atom. The van der Waals surface area contributed by atoms with Crippen LogP contribution in [-0.4, -0.2) is 25.7 Å². The van der Waals surface area contributed by atoms with E-state index in [1.165, 1.54) is 7.11 Å². The second kappa shape index (κ2) is 9.36. The second-order valence-corrected chi connectivity index (χ2v) is 5.31. The molecule has 5 nitrogen and oxygen atoms in total. The summed E-state index contributed by atoms with van der Waals surface area (Å²) < 4.78 is 9.68. The normalized spacial score (nSPS) is 9.52.